The number of nitrogens with zero attached hydrogens (tertiary/aromatic N) is 2. The molecule has 0 aromatic rings. The SMILES string of the molecule is CC(C)C1CCC2(CC1)CCN(CCCN(C)C)CC2. The van der Waals surface area contributed by atoms with Crippen LogP contribution in [0.3, 0.4) is 0 Å². The molecule has 118 valence electrons. The van der Waals surface area contributed by atoms with Crippen LogP contribution in [0.2, 0.25) is 0 Å². The third-order valence-electron chi connectivity index (χ3n) is 6.03. The molecule has 1 saturated heterocycles. The predicted octanol–water partition coefficient (Wildman–Crippen LogP) is 3.87. The molecule has 0 aromatic heterocycles. The van der Waals surface area contributed by atoms with Crippen molar-refractivity contribution in [2.75, 3.05) is 40.3 Å². The Labute approximate surface area is 126 Å². The maximum atomic E-state index is 2.71. The van der Waals surface area contributed by atoms with Crippen LogP contribution >= 0.6 is 0 Å². The monoisotopic (exact) mass is 280 g/mol. The highest BCUT2D eigenvalue weighted by atomic mass is 15.1. The van der Waals surface area contributed by atoms with Gasteiger partial charge in [-0.1, -0.05) is 13.8 Å². The Balaban J connectivity index is 1.69. The maximum absolute atomic E-state index is 2.71. The fourth-order valence-electron chi connectivity index (χ4n) is 4.28. The molecule has 1 heterocycles. The molecule has 2 aliphatic rings. The van der Waals surface area contributed by atoms with Gasteiger partial charge < -0.3 is 9.80 Å². The van der Waals surface area contributed by atoms with Gasteiger partial charge in [0.2, 0.25) is 0 Å². The van der Waals surface area contributed by atoms with Gasteiger partial charge in [0, 0.05) is 0 Å². The molecule has 2 nitrogen and oxygen atoms in total. The molecule has 0 radical (unpaired) electrons. The van der Waals surface area contributed by atoms with Crippen molar-refractivity contribution in [2.24, 2.45) is 17.3 Å². The molecule has 1 saturated carbocycles. The second-order valence-electron chi connectivity index (χ2n) is 8.08. The van der Waals surface area contributed by atoms with Crippen LogP contribution in [-0.4, -0.2) is 50.1 Å². The van der Waals surface area contributed by atoms with E-state index in [4.69, 9.17) is 0 Å². The van der Waals surface area contributed by atoms with E-state index < -0.39 is 0 Å². The number of likely N-dealkylation sites (tertiary alicyclic amines) is 1. The first-order valence-corrected chi connectivity index (χ1v) is 8.88. The number of hydrogen-bond acceptors (Lipinski definition) is 2. The van der Waals surface area contributed by atoms with E-state index in [9.17, 15) is 0 Å². The molecule has 2 fully saturated rings. The lowest BCUT2D eigenvalue weighted by Crippen LogP contribution is -2.43. The molecule has 1 aliphatic carbocycles. The minimum atomic E-state index is 0.740. The molecule has 20 heavy (non-hydrogen) atoms. The zero-order chi connectivity index (χ0) is 14.6. The van der Waals surface area contributed by atoms with Gasteiger partial charge in [-0.2, -0.15) is 0 Å². The van der Waals surface area contributed by atoms with E-state index in [1.807, 2.05) is 0 Å². The lowest BCUT2D eigenvalue weighted by Gasteiger charge is -2.46. The number of rotatable bonds is 5. The van der Waals surface area contributed by atoms with Crippen LogP contribution in [0.5, 0.6) is 0 Å². The molecule has 1 spiro atoms. The highest BCUT2D eigenvalue weighted by molar-refractivity contribution is 4.90. The Kier molecular flexibility index (Phi) is 5.92. The van der Waals surface area contributed by atoms with Gasteiger partial charge in [-0.05, 0) is 102 Å². The lowest BCUT2D eigenvalue weighted by molar-refractivity contribution is 0.0430. The third-order valence-corrected chi connectivity index (χ3v) is 6.03. The lowest BCUT2D eigenvalue weighted by atomic mass is 9.64. The Morgan fingerprint density at radius 3 is 2.15 bits per heavy atom. The average molecular weight is 280 g/mol. The van der Waals surface area contributed by atoms with Crippen molar-refractivity contribution in [2.45, 2.75) is 58.8 Å². The summed E-state index contributed by atoms with van der Waals surface area (Å²) >= 11 is 0. The van der Waals surface area contributed by atoms with Crippen molar-refractivity contribution in [1.29, 1.82) is 0 Å². The number of piperidine rings is 1. The highest BCUT2D eigenvalue weighted by Gasteiger charge is 2.38. The molecule has 0 atom stereocenters. The summed E-state index contributed by atoms with van der Waals surface area (Å²) in [5.41, 5.74) is 0.740. The topological polar surface area (TPSA) is 6.48 Å². The van der Waals surface area contributed by atoms with Gasteiger partial charge in [0.15, 0.2) is 0 Å². The van der Waals surface area contributed by atoms with Gasteiger partial charge >= 0.3 is 0 Å². The zero-order valence-corrected chi connectivity index (χ0v) is 14.3. The van der Waals surface area contributed by atoms with Gasteiger partial charge in [0.25, 0.3) is 0 Å². The van der Waals surface area contributed by atoms with Crippen molar-refractivity contribution in [3.63, 3.8) is 0 Å². The van der Waals surface area contributed by atoms with Crippen LogP contribution in [0.1, 0.15) is 58.8 Å². The molecule has 0 amide bonds. The second kappa shape index (κ2) is 7.26. The largest absolute Gasteiger partial charge is 0.309 e. The molecule has 1 aliphatic heterocycles. The van der Waals surface area contributed by atoms with E-state index in [0.29, 0.717) is 0 Å². The van der Waals surface area contributed by atoms with Crippen molar-refractivity contribution in [3.8, 4) is 0 Å². The molecule has 2 heteroatoms. The summed E-state index contributed by atoms with van der Waals surface area (Å²) in [4.78, 5) is 5.02. The first-order chi connectivity index (χ1) is 9.51. The minimum Gasteiger partial charge on any atom is -0.309 e. The Hall–Kier alpha value is -0.0800. The molecular weight excluding hydrogens is 244 g/mol. The Bertz CT molecular complexity index is 267. The normalized spacial score (nSPS) is 24.9. The summed E-state index contributed by atoms with van der Waals surface area (Å²) in [6, 6.07) is 0. The van der Waals surface area contributed by atoms with Crippen LogP contribution in [0.4, 0.5) is 0 Å². The summed E-state index contributed by atoms with van der Waals surface area (Å²) in [5, 5.41) is 0. The van der Waals surface area contributed by atoms with E-state index in [2.05, 4.69) is 37.7 Å². The fourth-order valence-corrected chi connectivity index (χ4v) is 4.28. The van der Waals surface area contributed by atoms with E-state index >= 15 is 0 Å². The molecule has 2 rings (SSSR count). The first-order valence-electron chi connectivity index (χ1n) is 8.88. The van der Waals surface area contributed by atoms with E-state index in [0.717, 1.165) is 17.3 Å². The summed E-state index contributed by atoms with van der Waals surface area (Å²) in [6.45, 7) is 10.1. The van der Waals surface area contributed by atoms with Crippen LogP contribution in [-0.2, 0) is 0 Å². The standard InChI is InChI=1S/C18H36N2/c1-16(2)17-6-8-18(9-7-17)10-14-20(15-11-18)13-5-12-19(3)4/h16-17H,5-15H2,1-4H3. The van der Waals surface area contributed by atoms with Crippen LogP contribution in [0.15, 0.2) is 0 Å². The van der Waals surface area contributed by atoms with Crippen molar-refractivity contribution in [3.05, 3.63) is 0 Å². The third kappa shape index (κ3) is 4.46. The molecule has 0 aromatic carbocycles. The zero-order valence-electron chi connectivity index (χ0n) is 14.3. The quantitative estimate of drug-likeness (QED) is 0.754. The van der Waals surface area contributed by atoms with Crippen LogP contribution < -0.4 is 0 Å². The van der Waals surface area contributed by atoms with Gasteiger partial charge in [0.1, 0.15) is 0 Å². The summed E-state index contributed by atoms with van der Waals surface area (Å²) in [7, 11) is 4.36. The van der Waals surface area contributed by atoms with Gasteiger partial charge in [-0.25, -0.2) is 0 Å². The van der Waals surface area contributed by atoms with E-state index in [1.165, 1.54) is 71.1 Å². The van der Waals surface area contributed by atoms with Crippen molar-refractivity contribution in [1.82, 2.24) is 9.80 Å². The van der Waals surface area contributed by atoms with Gasteiger partial charge in [-0.3, -0.25) is 0 Å². The van der Waals surface area contributed by atoms with E-state index in [-0.39, 0.29) is 0 Å². The Morgan fingerprint density at radius 2 is 1.65 bits per heavy atom. The fraction of sp³-hybridized carbons (Fsp3) is 1.00. The predicted molar refractivity (Wildman–Crippen MR) is 88.1 cm³/mol. The second-order valence-corrected chi connectivity index (χ2v) is 8.08. The molecule has 0 unspecified atom stereocenters. The van der Waals surface area contributed by atoms with Crippen LogP contribution in [0.25, 0.3) is 0 Å². The maximum Gasteiger partial charge on any atom is -0.000654 e. The molecule has 0 bridgehead atoms. The Morgan fingerprint density at radius 1 is 1.05 bits per heavy atom. The van der Waals surface area contributed by atoms with Gasteiger partial charge in [0.05, 0.1) is 0 Å². The summed E-state index contributed by atoms with van der Waals surface area (Å²) < 4.78 is 0. The van der Waals surface area contributed by atoms with E-state index in [1.54, 1.807) is 0 Å². The first kappa shape index (κ1) is 16.3. The smallest absolute Gasteiger partial charge is 0.000654 e. The average Bonchev–Trinajstić information content (AvgIpc) is 2.41. The van der Waals surface area contributed by atoms with Gasteiger partial charge in [-0.15, -0.1) is 0 Å². The highest BCUT2D eigenvalue weighted by Crippen LogP contribution is 2.47. The summed E-state index contributed by atoms with van der Waals surface area (Å²) in [5.74, 6) is 1.91. The summed E-state index contributed by atoms with van der Waals surface area (Å²) in [6.07, 6.45) is 10.3. The molecular formula is C18H36N2. The van der Waals surface area contributed by atoms with Crippen molar-refractivity contribution < 1.29 is 0 Å². The van der Waals surface area contributed by atoms with Crippen molar-refractivity contribution >= 4 is 0 Å². The minimum absolute atomic E-state index is 0.740. The molecule has 0 N–H and O–H groups in total. The number of hydrogen-bond donors (Lipinski definition) is 0. The van der Waals surface area contributed by atoms with Crippen LogP contribution in [0, 0.1) is 17.3 Å².